The van der Waals surface area contributed by atoms with Crippen molar-refractivity contribution >= 4 is 17.5 Å². The van der Waals surface area contributed by atoms with E-state index in [4.69, 9.17) is 4.74 Å². The fourth-order valence-electron chi connectivity index (χ4n) is 2.31. The summed E-state index contributed by atoms with van der Waals surface area (Å²) in [7, 11) is 1.56. The third-order valence-electron chi connectivity index (χ3n) is 3.35. The first-order valence-electron chi connectivity index (χ1n) is 7.54. The van der Waals surface area contributed by atoms with E-state index in [9.17, 15) is 9.59 Å². The van der Waals surface area contributed by atoms with E-state index in [0.717, 1.165) is 11.1 Å². The van der Waals surface area contributed by atoms with Crippen LogP contribution >= 0.6 is 0 Å². The standard InChI is InChI=1S/C18H21N3O3/c1-12-8-13(2)10-14(9-12)18(23)21-20-17(22)11-19-15-6-4-5-7-16(15)24-3/h4-10,19H,11H2,1-3H3,(H,20,22)(H,21,23). The second kappa shape index (κ2) is 8.01. The zero-order valence-electron chi connectivity index (χ0n) is 14.0. The molecule has 2 aromatic carbocycles. The summed E-state index contributed by atoms with van der Waals surface area (Å²) in [4.78, 5) is 23.9. The summed E-state index contributed by atoms with van der Waals surface area (Å²) in [6.07, 6.45) is 0. The third-order valence-corrected chi connectivity index (χ3v) is 3.35. The van der Waals surface area contributed by atoms with Gasteiger partial charge in [-0.25, -0.2) is 0 Å². The molecule has 0 heterocycles. The van der Waals surface area contributed by atoms with E-state index in [1.807, 2.05) is 32.0 Å². The Morgan fingerprint density at radius 3 is 2.33 bits per heavy atom. The highest BCUT2D eigenvalue weighted by Gasteiger charge is 2.09. The van der Waals surface area contributed by atoms with Gasteiger partial charge in [-0.05, 0) is 38.1 Å². The highest BCUT2D eigenvalue weighted by molar-refractivity contribution is 5.96. The molecule has 0 fully saturated rings. The maximum Gasteiger partial charge on any atom is 0.269 e. The molecule has 0 atom stereocenters. The number of ether oxygens (including phenoxy) is 1. The van der Waals surface area contributed by atoms with Crippen LogP contribution in [0.1, 0.15) is 21.5 Å². The molecule has 0 saturated heterocycles. The van der Waals surface area contributed by atoms with Crippen LogP contribution in [0.25, 0.3) is 0 Å². The zero-order valence-corrected chi connectivity index (χ0v) is 14.0. The molecule has 0 aliphatic rings. The van der Waals surface area contributed by atoms with Crippen LogP contribution in [0, 0.1) is 13.8 Å². The normalized spacial score (nSPS) is 9.96. The Hall–Kier alpha value is -3.02. The van der Waals surface area contributed by atoms with Gasteiger partial charge < -0.3 is 10.1 Å². The molecule has 2 aromatic rings. The molecule has 3 N–H and O–H groups in total. The first kappa shape index (κ1) is 17.3. The minimum Gasteiger partial charge on any atom is -0.495 e. The van der Waals surface area contributed by atoms with Gasteiger partial charge in [-0.3, -0.25) is 20.4 Å². The average Bonchev–Trinajstić information content (AvgIpc) is 2.57. The summed E-state index contributed by atoms with van der Waals surface area (Å²) in [6.45, 7) is 3.84. The van der Waals surface area contributed by atoms with Gasteiger partial charge in [-0.1, -0.05) is 29.3 Å². The first-order valence-corrected chi connectivity index (χ1v) is 7.54. The summed E-state index contributed by atoms with van der Waals surface area (Å²) < 4.78 is 5.19. The van der Waals surface area contributed by atoms with Crippen LogP contribution in [0.15, 0.2) is 42.5 Å². The molecule has 0 aliphatic heterocycles. The molecular weight excluding hydrogens is 306 g/mol. The monoisotopic (exact) mass is 327 g/mol. The molecule has 0 radical (unpaired) electrons. The topological polar surface area (TPSA) is 79.5 Å². The van der Waals surface area contributed by atoms with Crippen molar-refractivity contribution in [2.75, 3.05) is 19.0 Å². The number of hydrazine groups is 1. The van der Waals surface area contributed by atoms with Crippen LogP contribution in [0.2, 0.25) is 0 Å². The van der Waals surface area contributed by atoms with E-state index in [1.54, 1.807) is 31.4 Å². The van der Waals surface area contributed by atoms with Crippen molar-refractivity contribution in [2.24, 2.45) is 0 Å². The lowest BCUT2D eigenvalue weighted by Crippen LogP contribution is -2.44. The van der Waals surface area contributed by atoms with Gasteiger partial charge in [0.15, 0.2) is 0 Å². The number of anilines is 1. The first-order chi connectivity index (χ1) is 11.5. The number of benzene rings is 2. The van der Waals surface area contributed by atoms with E-state index in [2.05, 4.69) is 16.2 Å². The van der Waals surface area contributed by atoms with Crippen LogP contribution in [0.3, 0.4) is 0 Å². The van der Waals surface area contributed by atoms with Crippen LogP contribution in [-0.4, -0.2) is 25.5 Å². The zero-order chi connectivity index (χ0) is 17.5. The molecule has 0 saturated carbocycles. The Kier molecular flexibility index (Phi) is 5.78. The molecule has 24 heavy (non-hydrogen) atoms. The van der Waals surface area contributed by atoms with Gasteiger partial charge in [-0.2, -0.15) is 0 Å². The summed E-state index contributed by atoms with van der Waals surface area (Å²) in [6, 6.07) is 12.8. The molecule has 2 amide bonds. The smallest absolute Gasteiger partial charge is 0.269 e. The van der Waals surface area contributed by atoms with Crippen LogP contribution in [0.4, 0.5) is 5.69 Å². The Morgan fingerprint density at radius 2 is 1.67 bits per heavy atom. The fraction of sp³-hybridized carbons (Fsp3) is 0.222. The lowest BCUT2D eigenvalue weighted by atomic mass is 10.1. The summed E-state index contributed by atoms with van der Waals surface area (Å²) in [5, 5.41) is 2.96. The number of nitrogens with one attached hydrogen (secondary N) is 3. The number of carbonyl (C=O) groups excluding carboxylic acids is 2. The van der Waals surface area contributed by atoms with Gasteiger partial charge in [0.05, 0.1) is 19.3 Å². The Morgan fingerprint density at radius 1 is 1.00 bits per heavy atom. The van der Waals surface area contributed by atoms with E-state index in [1.165, 1.54) is 0 Å². The molecule has 6 nitrogen and oxygen atoms in total. The van der Waals surface area contributed by atoms with Crippen molar-refractivity contribution in [3.63, 3.8) is 0 Å². The number of hydrogen-bond acceptors (Lipinski definition) is 4. The molecule has 0 unspecified atom stereocenters. The predicted molar refractivity (Wildman–Crippen MR) is 93.0 cm³/mol. The van der Waals surface area contributed by atoms with Gasteiger partial charge in [-0.15, -0.1) is 0 Å². The Labute approximate surface area is 141 Å². The third kappa shape index (κ3) is 4.74. The van der Waals surface area contributed by atoms with Crippen LogP contribution in [0.5, 0.6) is 5.75 Å². The molecule has 6 heteroatoms. The molecule has 0 spiro atoms. The minimum absolute atomic E-state index is 0.00744. The quantitative estimate of drug-likeness (QED) is 0.736. The molecule has 0 bridgehead atoms. The van der Waals surface area contributed by atoms with E-state index >= 15 is 0 Å². The molecular formula is C18H21N3O3. The van der Waals surface area contributed by atoms with E-state index < -0.39 is 0 Å². The molecule has 126 valence electrons. The number of rotatable bonds is 5. The predicted octanol–water partition coefficient (Wildman–Crippen LogP) is 2.19. The van der Waals surface area contributed by atoms with Crippen LogP contribution < -0.4 is 20.9 Å². The van der Waals surface area contributed by atoms with E-state index in [-0.39, 0.29) is 18.4 Å². The molecule has 2 rings (SSSR count). The van der Waals surface area contributed by atoms with Gasteiger partial charge in [0.2, 0.25) is 0 Å². The van der Waals surface area contributed by atoms with Gasteiger partial charge in [0, 0.05) is 5.56 Å². The maximum absolute atomic E-state index is 12.1. The highest BCUT2D eigenvalue weighted by atomic mass is 16.5. The summed E-state index contributed by atoms with van der Waals surface area (Å²) >= 11 is 0. The maximum atomic E-state index is 12.1. The van der Waals surface area contributed by atoms with Crippen molar-refractivity contribution < 1.29 is 14.3 Å². The lowest BCUT2D eigenvalue weighted by molar-refractivity contribution is -0.120. The summed E-state index contributed by atoms with van der Waals surface area (Å²) in [5.74, 6) is -0.0735. The van der Waals surface area contributed by atoms with Crippen molar-refractivity contribution in [2.45, 2.75) is 13.8 Å². The number of para-hydroxylation sites is 2. The van der Waals surface area contributed by atoms with Crippen LogP contribution in [-0.2, 0) is 4.79 Å². The number of methoxy groups -OCH3 is 1. The SMILES string of the molecule is COc1ccccc1NCC(=O)NNC(=O)c1cc(C)cc(C)c1. The largest absolute Gasteiger partial charge is 0.495 e. The van der Waals surface area contributed by atoms with Gasteiger partial charge in [0.1, 0.15) is 5.75 Å². The number of aryl methyl sites for hydroxylation is 2. The van der Waals surface area contributed by atoms with Gasteiger partial charge in [0.25, 0.3) is 11.8 Å². The second-order valence-electron chi connectivity index (χ2n) is 5.43. The minimum atomic E-state index is -0.362. The lowest BCUT2D eigenvalue weighted by Gasteiger charge is -2.12. The fourth-order valence-corrected chi connectivity index (χ4v) is 2.31. The number of carbonyl (C=O) groups is 2. The van der Waals surface area contributed by atoms with Crippen molar-refractivity contribution in [3.05, 3.63) is 59.2 Å². The highest BCUT2D eigenvalue weighted by Crippen LogP contribution is 2.22. The van der Waals surface area contributed by atoms with Crippen molar-refractivity contribution in [1.82, 2.24) is 10.9 Å². The molecule has 0 aliphatic carbocycles. The van der Waals surface area contributed by atoms with E-state index in [0.29, 0.717) is 17.0 Å². The van der Waals surface area contributed by atoms with Crippen molar-refractivity contribution in [1.29, 1.82) is 0 Å². The Bertz CT molecular complexity index is 724. The second-order valence-corrected chi connectivity index (χ2v) is 5.43. The molecule has 0 aromatic heterocycles. The number of amides is 2. The number of hydrogen-bond donors (Lipinski definition) is 3. The van der Waals surface area contributed by atoms with Crippen molar-refractivity contribution in [3.8, 4) is 5.75 Å². The summed E-state index contributed by atoms with van der Waals surface area (Å²) in [5.41, 5.74) is 7.98. The van der Waals surface area contributed by atoms with Gasteiger partial charge >= 0.3 is 0 Å². The Balaban J connectivity index is 1.85. The average molecular weight is 327 g/mol.